The van der Waals surface area contributed by atoms with E-state index in [0.717, 1.165) is 10.9 Å². The predicted molar refractivity (Wildman–Crippen MR) is 94.3 cm³/mol. The molecule has 2 N–H and O–H groups in total. The highest BCUT2D eigenvalue weighted by molar-refractivity contribution is 5.86. The summed E-state index contributed by atoms with van der Waals surface area (Å²) in [7, 11) is 0. The number of hydrogen-bond donors (Lipinski definition) is 2. The van der Waals surface area contributed by atoms with Gasteiger partial charge in [-0.2, -0.15) is 9.78 Å². The maximum absolute atomic E-state index is 10.3. The molecule has 0 bridgehead atoms. The van der Waals surface area contributed by atoms with Crippen molar-refractivity contribution in [1.29, 1.82) is 0 Å². The Balaban J connectivity index is 1.60. The van der Waals surface area contributed by atoms with E-state index in [0.29, 0.717) is 23.8 Å². The van der Waals surface area contributed by atoms with Crippen LogP contribution >= 0.6 is 0 Å². The molecular formula is C18H16N6O. The number of aliphatic hydroxyl groups is 1. The van der Waals surface area contributed by atoms with Crippen molar-refractivity contribution in [3.63, 3.8) is 0 Å². The van der Waals surface area contributed by atoms with Crippen LogP contribution in [-0.4, -0.2) is 36.4 Å². The van der Waals surface area contributed by atoms with Gasteiger partial charge in [-0.25, -0.2) is 15.0 Å². The van der Waals surface area contributed by atoms with Gasteiger partial charge in [0.15, 0.2) is 11.5 Å². The highest BCUT2D eigenvalue weighted by atomic mass is 16.3. The lowest BCUT2D eigenvalue weighted by molar-refractivity contribution is 0.191. The lowest BCUT2D eigenvalue weighted by Crippen LogP contribution is -2.13. The van der Waals surface area contributed by atoms with E-state index in [-0.39, 0.29) is 0 Å². The number of rotatable bonds is 5. The Morgan fingerprint density at radius 3 is 2.64 bits per heavy atom. The number of aliphatic hydroxyl groups excluding tert-OH is 1. The summed E-state index contributed by atoms with van der Waals surface area (Å²) in [5.74, 6) is 1.31. The van der Waals surface area contributed by atoms with Crippen LogP contribution in [0.15, 0.2) is 67.3 Å². The maximum Gasteiger partial charge on any atom is 0.170 e. The van der Waals surface area contributed by atoms with Gasteiger partial charge in [-0.05, 0) is 17.7 Å². The quantitative estimate of drug-likeness (QED) is 0.583. The van der Waals surface area contributed by atoms with Gasteiger partial charge in [-0.3, -0.25) is 0 Å². The molecule has 0 aliphatic rings. The van der Waals surface area contributed by atoms with Crippen LogP contribution in [0.1, 0.15) is 11.7 Å². The van der Waals surface area contributed by atoms with Gasteiger partial charge in [-0.1, -0.05) is 36.4 Å². The van der Waals surface area contributed by atoms with Crippen molar-refractivity contribution >= 4 is 16.9 Å². The Bertz CT molecular complexity index is 971. The zero-order chi connectivity index (χ0) is 17.1. The second kappa shape index (κ2) is 6.66. The zero-order valence-electron chi connectivity index (χ0n) is 13.3. The molecule has 0 fully saturated rings. The van der Waals surface area contributed by atoms with Gasteiger partial charge in [0.2, 0.25) is 0 Å². The molecule has 0 saturated heterocycles. The molecule has 0 amide bonds. The average Bonchev–Trinajstić information content (AvgIpc) is 3.12. The molecular weight excluding hydrogens is 316 g/mol. The standard InChI is InChI=1S/C18H16N6O/c25-15(13-6-2-1-3-7-13)11-20-17-14-10-23-24(18(14)22-12-21-17)16-8-4-5-9-19-16/h1-10,12,15,25H,11H2,(H,20,21,22). The number of anilines is 1. The Morgan fingerprint density at radius 1 is 1.00 bits per heavy atom. The SMILES string of the molecule is OC(CNc1ncnc2c1cnn2-c1ccccn1)c1ccccc1. The molecule has 124 valence electrons. The average molecular weight is 332 g/mol. The predicted octanol–water partition coefficient (Wildman–Crippen LogP) is 2.36. The third kappa shape index (κ3) is 3.05. The van der Waals surface area contributed by atoms with Crippen molar-refractivity contribution < 1.29 is 5.11 Å². The Hall–Kier alpha value is -3.32. The van der Waals surface area contributed by atoms with Crippen LogP contribution in [0, 0.1) is 0 Å². The van der Waals surface area contributed by atoms with E-state index < -0.39 is 6.10 Å². The molecule has 0 spiro atoms. The Morgan fingerprint density at radius 2 is 1.84 bits per heavy atom. The van der Waals surface area contributed by atoms with Crippen LogP contribution < -0.4 is 5.32 Å². The summed E-state index contributed by atoms with van der Waals surface area (Å²) >= 11 is 0. The number of pyridine rings is 1. The Kier molecular flexibility index (Phi) is 4.05. The molecule has 3 heterocycles. The fourth-order valence-corrected chi connectivity index (χ4v) is 2.62. The molecule has 1 atom stereocenters. The molecule has 0 aliphatic carbocycles. The molecule has 1 aromatic carbocycles. The number of nitrogens with one attached hydrogen (secondary N) is 1. The molecule has 0 saturated carbocycles. The van der Waals surface area contributed by atoms with Gasteiger partial charge in [0.1, 0.15) is 12.1 Å². The maximum atomic E-state index is 10.3. The summed E-state index contributed by atoms with van der Waals surface area (Å²) in [4.78, 5) is 12.9. The summed E-state index contributed by atoms with van der Waals surface area (Å²) in [6.45, 7) is 0.338. The van der Waals surface area contributed by atoms with E-state index in [1.807, 2.05) is 48.5 Å². The van der Waals surface area contributed by atoms with Crippen LogP contribution in [0.25, 0.3) is 16.9 Å². The van der Waals surface area contributed by atoms with Crippen LogP contribution in [-0.2, 0) is 0 Å². The highest BCUT2D eigenvalue weighted by Gasteiger charge is 2.13. The molecule has 25 heavy (non-hydrogen) atoms. The number of benzene rings is 1. The van der Waals surface area contributed by atoms with Gasteiger partial charge in [0.05, 0.1) is 17.7 Å². The topological polar surface area (TPSA) is 88.8 Å². The normalized spacial score (nSPS) is 12.2. The van der Waals surface area contributed by atoms with Gasteiger partial charge in [0.25, 0.3) is 0 Å². The molecule has 0 radical (unpaired) electrons. The van der Waals surface area contributed by atoms with Crippen molar-refractivity contribution in [2.24, 2.45) is 0 Å². The van der Waals surface area contributed by atoms with Crippen molar-refractivity contribution in [3.8, 4) is 5.82 Å². The molecule has 4 aromatic rings. The monoisotopic (exact) mass is 332 g/mol. The first-order chi connectivity index (χ1) is 12.3. The molecule has 7 heteroatoms. The number of aromatic nitrogens is 5. The number of fused-ring (bicyclic) bond motifs is 1. The minimum Gasteiger partial charge on any atom is -0.387 e. The molecule has 4 rings (SSSR count). The van der Waals surface area contributed by atoms with Gasteiger partial charge >= 0.3 is 0 Å². The number of nitrogens with zero attached hydrogens (tertiary/aromatic N) is 5. The lowest BCUT2D eigenvalue weighted by atomic mass is 10.1. The van der Waals surface area contributed by atoms with Crippen molar-refractivity contribution in [2.45, 2.75) is 6.10 Å². The highest BCUT2D eigenvalue weighted by Crippen LogP contribution is 2.21. The summed E-state index contributed by atoms with van der Waals surface area (Å²) in [5.41, 5.74) is 1.51. The third-order valence-corrected chi connectivity index (χ3v) is 3.88. The summed E-state index contributed by atoms with van der Waals surface area (Å²) < 4.78 is 1.66. The van der Waals surface area contributed by atoms with E-state index in [9.17, 15) is 5.11 Å². The molecule has 1 unspecified atom stereocenters. The summed E-state index contributed by atoms with van der Waals surface area (Å²) in [5, 5.41) is 18.6. The van der Waals surface area contributed by atoms with E-state index >= 15 is 0 Å². The third-order valence-electron chi connectivity index (χ3n) is 3.88. The van der Waals surface area contributed by atoms with E-state index in [1.54, 1.807) is 17.1 Å². The zero-order valence-corrected chi connectivity index (χ0v) is 13.3. The number of hydrogen-bond acceptors (Lipinski definition) is 6. The largest absolute Gasteiger partial charge is 0.387 e. The Labute approximate surface area is 144 Å². The molecule has 3 aromatic heterocycles. The van der Waals surface area contributed by atoms with Crippen LogP contribution in [0.3, 0.4) is 0 Å². The van der Waals surface area contributed by atoms with Gasteiger partial charge in [-0.15, -0.1) is 0 Å². The fourth-order valence-electron chi connectivity index (χ4n) is 2.62. The first-order valence-electron chi connectivity index (χ1n) is 7.90. The van der Waals surface area contributed by atoms with Crippen LogP contribution in [0.5, 0.6) is 0 Å². The minimum atomic E-state index is -0.628. The molecule has 7 nitrogen and oxygen atoms in total. The lowest BCUT2D eigenvalue weighted by Gasteiger charge is -2.12. The minimum absolute atomic E-state index is 0.338. The first kappa shape index (κ1) is 15.2. The molecule has 0 aliphatic heterocycles. The van der Waals surface area contributed by atoms with E-state index in [4.69, 9.17) is 0 Å². The van der Waals surface area contributed by atoms with Gasteiger partial charge in [0, 0.05) is 12.7 Å². The summed E-state index contributed by atoms with van der Waals surface area (Å²) in [6.07, 6.45) is 4.25. The first-order valence-corrected chi connectivity index (χ1v) is 7.90. The second-order valence-corrected chi connectivity index (χ2v) is 5.51. The van der Waals surface area contributed by atoms with Crippen molar-refractivity contribution in [3.05, 3.63) is 72.8 Å². The van der Waals surface area contributed by atoms with E-state index in [1.165, 1.54) is 6.33 Å². The van der Waals surface area contributed by atoms with Crippen LogP contribution in [0.4, 0.5) is 5.82 Å². The van der Waals surface area contributed by atoms with Crippen LogP contribution in [0.2, 0.25) is 0 Å². The van der Waals surface area contributed by atoms with Crippen molar-refractivity contribution in [2.75, 3.05) is 11.9 Å². The second-order valence-electron chi connectivity index (χ2n) is 5.51. The fraction of sp³-hybridized carbons (Fsp3) is 0.111. The van der Waals surface area contributed by atoms with Crippen molar-refractivity contribution in [1.82, 2.24) is 24.7 Å². The van der Waals surface area contributed by atoms with E-state index in [2.05, 4.69) is 25.4 Å². The summed E-state index contributed by atoms with van der Waals surface area (Å²) in [6, 6.07) is 15.1. The van der Waals surface area contributed by atoms with Gasteiger partial charge < -0.3 is 10.4 Å². The smallest absolute Gasteiger partial charge is 0.170 e.